The first-order valence-corrected chi connectivity index (χ1v) is 6.85. The lowest BCUT2D eigenvalue weighted by Crippen LogP contribution is -2.24. The van der Waals surface area contributed by atoms with E-state index < -0.39 is 6.09 Å². The number of rotatable bonds is 3. The minimum atomic E-state index is -0.549. The second-order valence-corrected chi connectivity index (χ2v) is 4.56. The van der Waals surface area contributed by atoms with Crippen LogP contribution in [0.15, 0.2) is 48.5 Å². The fraction of sp³-hybridized carbons (Fsp3) is 0.111. The van der Waals surface area contributed by atoms with Gasteiger partial charge in [0.25, 0.3) is 0 Å². The van der Waals surface area contributed by atoms with E-state index in [-0.39, 0.29) is 24.5 Å². The molecule has 5 nitrogen and oxygen atoms in total. The zero-order chi connectivity index (χ0) is 16.5. The van der Waals surface area contributed by atoms with Gasteiger partial charge in [-0.1, -0.05) is 42.2 Å². The van der Waals surface area contributed by atoms with E-state index in [0.29, 0.717) is 5.56 Å². The predicted molar refractivity (Wildman–Crippen MR) is 84.3 cm³/mol. The van der Waals surface area contributed by atoms with Gasteiger partial charge in [-0.05, 0) is 23.8 Å². The number of aromatic hydroxyl groups is 1. The normalized spacial score (nSPS) is 9.17. The number of phenols is 1. The summed E-state index contributed by atoms with van der Waals surface area (Å²) >= 11 is 0. The number of carbonyl (C=O) groups excluding carboxylic acids is 1. The summed E-state index contributed by atoms with van der Waals surface area (Å²) in [6, 6.07) is 15.7. The number of nitriles is 1. The van der Waals surface area contributed by atoms with Gasteiger partial charge in [0.15, 0.2) is 0 Å². The number of alkyl carbamates (subject to hydrolysis) is 1. The molecule has 2 aromatic carbocycles. The monoisotopic (exact) mass is 306 g/mol. The van der Waals surface area contributed by atoms with Crippen LogP contribution in [-0.2, 0) is 11.3 Å². The third kappa shape index (κ3) is 5.11. The Morgan fingerprint density at radius 3 is 2.74 bits per heavy atom. The largest absolute Gasteiger partial charge is 0.507 e. The van der Waals surface area contributed by atoms with Crippen molar-refractivity contribution >= 4 is 6.09 Å². The van der Waals surface area contributed by atoms with Gasteiger partial charge >= 0.3 is 6.09 Å². The van der Waals surface area contributed by atoms with E-state index in [0.717, 1.165) is 5.56 Å². The van der Waals surface area contributed by atoms with Gasteiger partial charge in [-0.2, -0.15) is 5.26 Å². The molecule has 0 atom stereocenters. The van der Waals surface area contributed by atoms with Crippen LogP contribution in [0.25, 0.3) is 0 Å². The highest BCUT2D eigenvalue weighted by atomic mass is 16.5. The molecule has 0 spiro atoms. The Morgan fingerprint density at radius 1 is 1.22 bits per heavy atom. The first-order chi connectivity index (χ1) is 11.2. The van der Waals surface area contributed by atoms with Crippen molar-refractivity contribution < 1.29 is 14.6 Å². The van der Waals surface area contributed by atoms with Crippen LogP contribution in [0.2, 0.25) is 0 Å². The van der Waals surface area contributed by atoms with Gasteiger partial charge in [-0.3, -0.25) is 0 Å². The van der Waals surface area contributed by atoms with Gasteiger partial charge < -0.3 is 15.2 Å². The lowest BCUT2D eigenvalue weighted by Gasteiger charge is -2.04. The summed E-state index contributed by atoms with van der Waals surface area (Å²) in [5.41, 5.74) is 1.65. The van der Waals surface area contributed by atoms with Crippen molar-refractivity contribution in [2.75, 3.05) is 6.54 Å². The van der Waals surface area contributed by atoms with Gasteiger partial charge in [-0.25, -0.2) is 4.79 Å². The van der Waals surface area contributed by atoms with Gasteiger partial charge in [0.2, 0.25) is 0 Å². The Morgan fingerprint density at radius 2 is 2.00 bits per heavy atom. The highest BCUT2D eigenvalue weighted by Crippen LogP contribution is 2.16. The molecule has 2 rings (SSSR count). The SMILES string of the molecule is N#Cc1cc(C#CCNC(=O)OCc2ccccc2)ccc1O. The maximum atomic E-state index is 11.5. The van der Waals surface area contributed by atoms with Crippen molar-refractivity contribution in [2.45, 2.75) is 6.61 Å². The molecule has 23 heavy (non-hydrogen) atoms. The summed E-state index contributed by atoms with van der Waals surface area (Å²) in [6.07, 6.45) is -0.549. The number of hydrogen-bond donors (Lipinski definition) is 2. The van der Waals surface area contributed by atoms with Crippen LogP contribution in [0.4, 0.5) is 4.79 Å². The summed E-state index contributed by atoms with van der Waals surface area (Å²) in [5.74, 6) is 5.46. The molecule has 0 saturated heterocycles. The van der Waals surface area contributed by atoms with Crippen molar-refractivity contribution in [3.8, 4) is 23.7 Å². The van der Waals surface area contributed by atoms with E-state index in [4.69, 9.17) is 10.00 Å². The molecule has 0 fully saturated rings. The van der Waals surface area contributed by atoms with E-state index in [9.17, 15) is 9.90 Å². The summed E-state index contributed by atoms with van der Waals surface area (Å²) in [4.78, 5) is 11.5. The molecule has 0 heterocycles. The second-order valence-electron chi connectivity index (χ2n) is 4.56. The summed E-state index contributed by atoms with van der Waals surface area (Å²) in [6.45, 7) is 0.319. The maximum absolute atomic E-state index is 11.5. The molecule has 114 valence electrons. The highest BCUT2D eigenvalue weighted by molar-refractivity contribution is 5.67. The molecule has 2 aromatic rings. The smallest absolute Gasteiger partial charge is 0.408 e. The highest BCUT2D eigenvalue weighted by Gasteiger charge is 2.01. The molecule has 0 unspecified atom stereocenters. The zero-order valence-electron chi connectivity index (χ0n) is 12.2. The fourth-order valence-electron chi connectivity index (χ4n) is 1.74. The lowest BCUT2D eigenvalue weighted by atomic mass is 10.1. The summed E-state index contributed by atoms with van der Waals surface area (Å²) in [5, 5.41) is 20.7. The number of amides is 1. The third-order valence-electron chi connectivity index (χ3n) is 2.88. The lowest BCUT2D eigenvalue weighted by molar-refractivity contribution is 0.141. The molecule has 0 aliphatic carbocycles. The van der Waals surface area contributed by atoms with Crippen molar-refractivity contribution in [2.24, 2.45) is 0 Å². The number of nitrogens with zero attached hydrogens (tertiary/aromatic N) is 1. The van der Waals surface area contributed by atoms with Crippen LogP contribution >= 0.6 is 0 Å². The van der Waals surface area contributed by atoms with E-state index in [2.05, 4.69) is 17.2 Å². The van der Waals surface area contributed by atoms with Crippen molar-refractivity contribution in [1.29, 1.82) is 5.26 Å². The minimum Gasteiger partial charge on any atom is -0.507 e. The van der Waals surface area contributed by atoms with Crippen LogP contribution in [0.5, 0.6) is 5.75 Å². The first kappa shape index (κ1) is 15.9. The molecule has 0 aliphatic heterocycles. The Hall–Kier alpha value is -3.44. The van der Waals surface area contributed by atoms with Gasteiger partial charge in [0.05, 0.1) is 12.1 Å². The number of hydrogen-bond acceptors (Lipinski definition) is 4. The van der Waals surface area contributed by atoms with Crippen molar-refractivity contribution in [3.63, 3.8) is 0 Å². The second kappa shape index (κ2) is 8.11. The molecular formula is C18H14N2O3. The first-order valence-electron chi connectivity index (χ1n) is 6.85. The standard InChI is InChI=1S/C18H14N2O3/c19-12-16-11-14(8-9-17(16)21)7-4-10-20-18(22)23-13-15-5-2-1-3-6-15/h1-3,5-6,8-9,11,21H,10,13H2,(H,20,22). The Kier molecular flexibility index (Phi) is 5.62. The van der Waals surface area contributed by atoms with Crippen LogP contribution in [0.3, 0.4) is 0 Å². The quantitative estimate of drug-likeness (QED) is 0.854. The Balaban J connectivity index is 1.79. The maximum Gasteiger partial charge on any atom is 0.408 e. The van der Waals surface area contributed by atoms with E-state index in [1.165, 1.54) is 12.1 Å². The number of nitrogens with one attached hydrogen (secondary N) is 1. The van der Waals surface area contributed by atoms with E-state index >= 15 is 0 Å². The molecule has 5 heteroatoms. The molecule has 1 amide bonds. The van der Waals surface area contributed by atoms with Crippen LogP contribution in [0.1, 0.15) is 16.7 Å². The predicted octanol–water partition coefficient (Wildman–Crippen LogP) is 2.54. The molecular weight excluding hydrogens is 292 g/mol. The molecule has 0 aromatic heterocycles. The fourth-order valence-corrected chi connectivity index (χ4v) is 1.74. The Bertz CT molecular complexity index is 783. The van der Waals surface area contributed by atoms with E-state index in [1.807, 2.05) is 36.4 Å². The molecule has 0 aliphatic rings. The average Bonchev–Trinajstić information content (AvgIpc) is 2.59. The van der Waals surface area contributed by atoms with Crippen LogP contribution < -0.4 is 5.32 Å². The topological polar surface area (TPSA) is 82.4 Å². The number of phenolic OH excluding ortho intramolecular Hbond substituents is 1. The van der Waals surface area contributed by atoms with Gasteiger partial charge in [-0.15, -0.1) is 0 Å². The zero-order valence-corrected chi connectivity index (χ0v) is 12.2. The average molecular weight is 306 g/mol. The summed E-state index contributed by atoms with van der Waals surface area (Å²) < 4.78 is 5.04. The van der Waals surface area contributed by atoms with Crippen molar-refractivity contribution in [3.05, 3.63) is 65.2 Å². The van der Waals surface area contributed by atoms with Crippen LogP contribution in [0, 0.1) is 23.2 Å². The molecule has 0 saturated carbocycles. The number of benzene rings is 2. The van der Waals surface area contributed by atoms with Crippen LogP contribution in [-0.4, -0.2) is 17.7 Å². The number of carbonyl (C=O) groups is 1. The molecule has 2 N–H and O–H groups in total. The van der Waals surface area contributed by atoms with Gasteiger partial charge in [0, 0.05) is 5.56 Å². The number of ether oxygens (including phenoxy) is 1. The Labute approximate surface area is 134 Å². The van der Waals surface area contributed by atoms with Crippen molar-refractivity contribution in [1.82, 2.24) is 5.32 Å². The summed E-state index contributed by atoms with van der Waals surface area (Å²) in [7, 11) is 0. The van der Waals surface area contributed by atoms with E-state index in [1.54, 1.807) is 6.07 Å². The van der Waals surface area contributed by atoms with Gasteiger partial charge in [0.1, 0.15) is 18.4 Å². The third-order valence-corrected chi connectivity index (χ3v) is 2.88. The molecule has 0 radical (unpaired) electrons. The minimum absolute atomic E-state index is 0.0827. The molecule has 0 bridgehead atoms.